The quantitative estimate of drug-likeness (QED) is 0.170. The van der Waals surface area contributed by atoms with E-state index in [0.717, 1.165) is 16.7 Å². The summed E-state index contributed by atoms with van der Waals surface area (Å²) in [5.41, 5.74) is 10.2. The summed E-state index contributed by atoms with van der Waals surface area (Å²) in [6.07, 6.45) is 0. The van der Waals surface area contributed by atoms with Crippen LogP contribution in [0.25, 0.3) is 108 Å². The second-order valence-electron chi connectivity index (χ2n) is 14.0. The van der Waals surface area contributed by atoms with Crippen LogP contribution in [-0.2, 0) is 0 Å². The second-order valence-corrected chi connectivity index (χ2v) is 16.1. The predicted octanol–water partition coefficient (Wildman–Crippen LogP) is 14.6. The molecule has 56 heavy (non-hydrogen) atoms. The van der Waals surface area contributed by atoms with Gasteiger partial charge in [0.15, 0.2) is 17.5 Å². The van der Waals surface area contributed by atoms with Gasteiger partial charge in [0.2, 0.25) is 0 Å². The molecule has 0 saturated carbocycles. The molecule has 5 heteroatoms. The molecule has 0 N–H and O–H groups in total. The van der Waals surface area contributed by atoms with Gasteiger partial charge >= 0.3 is 0 Å². The topological polar surface area (TPSA) is 38.7 Å². The van der Waals surface area contributed by atoms with E-state index in [-0.39, 0.29) is 0 Å². The zero-order valence-electron chi connectivity index (χ0n) is 30.1. The molecule has 0 spiro atoms. The first-order chi connectivity index (χ1) is 27.7. The summed E-state index contributed by atoms with van der Waals surface area (Å²) in [6.45, 7) is 0. The number of aromatic nitrogens is 3. The number of thiophene rings is 2. The minimum absolute atomic E-state index is 0.662. The second kappa shape index (κ2) is 13.5. The zero-order chi connectivity index (χ0) is 37.0. The monoisotopic (exact) mass is 749 g/mol. The summed E-state index contributed by atoms with van der Waals surface area (Å²) >= 11 is 3.70. The Morgan fingerprint density at radius 1 is 0.286 bits per heavy atom. The average molecular weight is 750 g/mol. The van der Waals surface area contributed by atoms with Crippen molar-refractivity contribution in [3.63, 3.8) is 0 Å². The third kappa shape index (κ3) is 5.68. The highest BCUT2D eigenvalue weighted by Gasteiger charge is 2.19. The minimum atomic E-state index is 0.662. The largest absolute Gasteiger partial charge is 0.208 e. The number of hydrogen-bond acceptors (Lipinski definition) is 5. The molecule has 0 aliphatic carbocycles. The van der Waals surface area contributed by atoms with E-state index in [1.165, 1.54) is 73.7 Å². The molecule has 0 bridgehead atoms. The van der Waals surface area contributed by atoms with Crippen molar-refractivity contribution in [1.29, 1.82) is 0 Å². The van der Waals surface area contributed by atoms with Gasteiger partial charge in [-0.2, -0.15) is 0 Å². The van der Waals surface area contributed by atoms with Crippen LogP contribution in [0.3, 0.4) is 0 Å². The van der Waals surface area contributed by atoms with E-state index in [9.17, 15) is 0 Å². The smallest absolute Gasteiger partial charge is 0.164 e. The van der Waals surface area contributed by atoms with Gasteiger partial charge in [-0.3, -0.25) is 0 Å². The lowest BCUT2D eigenvalue weighted by Gasteiger charge is -2.11. The van der Waals surface area contributed by atoms with Crippen molar-refractivity contribution in [2.24, 2.45) is 0 Å². The molecule has 3 aromatic heterocycles. The molecule has 0 aliphatic rings. The first-order valence-electron chi connectivity index (χ1n) is 18.7. The summed E-state index contributed by atoms with van der Waals surface area (Å²) in [6, 6.07) is 66.9. The number of fused-ring (bicyclic) bond motifs is 6. The van der Waals surface area contributed by atoms with Crippen LogP contribution < -0.4 is 0 Å². The normalized spacial score (nSPS) is 11.6. The van der Waals surface area contributed by atoms with Crippen LogP contribution in [0.1, 0.15) is 0 Å². The molecule has 262 valence electrons. The Labute approximate surface area is 331 Å². The molecule has 11 rings (SSSR count). The summed E-state index contributed by atoms with van der Waals surface area (Å²) in [7, 11) is 0. The van der Waals surface area contributed by atoms with Crippen molar-refractivity contribution in [3.05, 3.63) is 188 Å². The molecule has 0 fully saturated rings. The van der Waals surface area contributed by atoms with Gasteiger partial charge < -0.3 is 0 Å². The van der Waals surface area contributed by atoms with Crippen molar-refractivity contribution in [2.45, 2.75) is 0 Å². The molecule has 0 unspecified atom stereocenters. The van der Waals surface area contributed by atoms with Crippen LogP contribution in [0.15, 0.2) is 188 Å². The van der Waals surface area contributed by atoms with Crippen LogP contribution in [0.4, 0.5) is 0 Å². The van der Waals surface area contributed by atoms with Crippen LogP contribution in [0, 0.1) is 0 Å². The Bertz CT molecular complexity index is 3180. The molecular formula is C51H31N3S2. The van der Waals surface area contributed by atoms with E-state index in [2.05, 4.69) is 152 Å². The molecule has 11 aromatic rings. The van der Waals surface area contributed by atoms with Gasteiger partial charge in [0.1, 0.15) is 0 Å². The Morgan fingerprint density at radius 3 is 1.61 bits per heavy atom. The average Bonchev–Trinajstić information content (AvgIpc) is 3.85. The highest BCUT2D eigenvalue weighted by atomic mass is 32.1. The van der Waals surface area contributed by atoms with Crippen molar-refractivity contribution < 1.29 is 0 Å². The number of nitrogens with zero attached hydrogens (tertiary/aromatic N) is 3. The van der Waals surface area contributed by atoms with E-state index in [4.69, 9.17) is 15.0 Å². The zero-order valence-corrected chi connectivity index (χ0v) is 31.7. The third-order valence-corrected chi connectivity index (χ3v) is 12.9. The van der Waals surface area contributed by atoms with Gasteiger partial charge in [0.25, 0.3) is 0 Å². The highest BCUT2D eigenvalue weighted by Crippen LogP contribution is 2.46. The van der Waals surface area contributed by atoms with Gasteiger partial charge in [-0.05, 0) is 64.2 Å². The lowest BCUT2D eigenvalue weighted by Crippen LogP contribution is -2.00. The van der Waals surface area contributed by atoms with Crippen LogP contribution in [-0.4, -0.2) is 15.0 Å². The molecule has 0 atom stereocenters. The summed E-state index contributed by atoms with van der Waals surface area (Å²) in [4.78, 5) is 15.2. The fraction of sp³-hybridized carbons (Fsp3) is 0. The molecule has 0 aliphatic heterocycles. The minimum Gasteiger partial charge on any atom is -0.208 e. The molecule has 8 aromatic carbocycles. The van der Waals surface area contributed by atoms with Gasteiger partial charge in [-0.15, -0.1) is 22.7 Å². The molecule has 3 nitrogen and oxygen atoms in total. The standard InChI is InChI=1S/C51H31N3S2/c1-4-14-32(15-5-1)35-20-12-21-36(28-35)38-29-42(48-43(30-38)39-22-10-11-24-44(39)56-48)37-26-27-40-46(31-37)55-45-25-13-23-41(47(40)45)51-53-49(33-16-6-2-7-17-33)52-50(54-51)34-18-8-3-9-19-34/h1-31H. The van der Waals surface area contributed by atoms with Gasteiger partial charge in [-0.25, -0.2) is 15.0 Å². The van der Waals surface area contributed by atoms with E-state index in [1.807, 2.05) is 59.1 Å². The number of benzene rings is 8. The molecule has 0 amide bonds. The fourth-order valence-corrected chi connectivity index (χ4v) is 10.2. The van der Waals surface area contributed by atoms with Crippen LogP contribution in [0.2, 0.25) is 0 Å². The maximum atomic E-state index is 5.10. The van der Waals surface area contributed by atoms with Crippen LogP contribution in [0.5, 0.6) is 0 Å². The first kappa shape index (κ1) is 32.6. The fourth-order valence-electron chi connectivity index (χ4n) is 7.83. The third-order valence-electron chi connectivity index (χ3n) is 10.5. The van der Waals surface area contributed by atoms with E-state index >= 15 is 0 Å². The number of hydrogen-bond donors (Lipinski definition) is 0. The Balaban J connectivity index is 1.09. The molecule has 3 heterocycles. The maximum Gasteiger partial charge on any atom is 0.164 e. The maximum absolute atomic E-state index is 5.10. The molecular weight excluding hydrogens is 719 g/mol. The van der Waals surface area contributed by atoms with Crippen molar-refractivity contribution in [1.82, 2.24) is 15.0 Å². The summed E-state index contributed by atoms with van der Waals surface area (Å²) < 4.78 is 5.04. The SMILES string of the molecule is c1ccc(-c2cccc(-c3cc(-c4ccc5c(c4)sc4cccc(-c6nc(-c7ccccc7)nc(-c7ccccc7)n6)c45)c4sc5ccccc5c4c3)c2)cc1. The lowest BCUT2D eigenvalue weighted by molar-refractivity contribution is 1.08. The Hall–Kier alpha value is -6.79. The van der Waals surface area contributed by atoms with Crippen molar-refractivity contribution >= 4 is 63.0 Å². The molecule has 0 radical (unpaired) electrons. The van der Waals surface area contributed by atoms with E-state index < -0.39 is 0 Å². The molecule has 0 saturated heterocycles. The summed E-state index contributed by atoms with van der Waals surface area (Å²) in [5.74, 6) is 1.99. The Kier molecular flexibility index (Phi) is 7.87. The lowest BCUT2D eigenvalue weighted by atomic mass is 9.94. The Morgan fingerprint density at radius 2 is 0.875 bits per heavy atom. The van der Waals surface area contributed by atoms with Crippen molar-refractivity contribution in [2.75, 3.05) is 0 Å². The van der Waals surface area contributed by atoms with Gasteiger partial charge in [0, 0.05) is 62.6 Å². The predicted molar refractivity (Wildman–Crippen MR) is 238 cm³/mol. The summed E-state index contributed by atoms with van der Waals surface area (Å²) in [5, 5.41) is 4.96. The first-order valence-corrected chi connectivity index (χ1v) is 20.3. The highest BCUT2D eigenvalue weighted by molar-refractivity contribution is 7.26. The van der Waals surface area contributed by atoms with E-state index in [1.54, 1.807) is 0 Å². The van der Waals surface area contributed by atoms with Crippen molar-refractivity contribution in [3.8, 4) is 67.5 Å². The number of rotatable bonds is 6. The van der Waals surface area contributed by atoms with Gasteiger partial charge in [-0.1, -0.05) is 152 Å². The van der Waals surface area contributed by atoms with Crippen LogP contribution >= 0.6 is 22.7 Å². The van der Waals surface area contributed by atoms with Gasteiger partial charge in [0.05, 0.1) is 0 Å². The van der Waals surface area contributed by atoms with E-state index in [0.29, 0.717) is 17.5 Å².